The maximum atomic E-state index is 11.3. The van der Waals surface area contributed by atoms with Gasteiger partial charge in [-0.1, -0.05) is 39.8 Å². The van der Waals surface area contributed by atoms with E-state index in [1.54, 1.807) is 6.08 Å². The lowest BCUT2D eigenvalue weighted by molar-refractivity contribution is -0.137. The van der Waals surface area contributed by atoms with Crippen molar-refractivity contribution in [3.63, 3.8) is 0 Å². The van der Waals surface area contributed by atoms with Gasteiger partial charge >= 0.3 is 5.97 Å². The highest BCUT2D eigenvalue weighted by Crippen LogP contribution is 2.20. The van der Waals surface area contributed by atoms with Gasteiger partial charge in [-0.2, -0.15) is 0 Å². The van der Waals surface area contributed by atoms with Crippen molar-refractivity contribution in [3.8, 4) is 0 Å². The number of rotatable bonds is 8. The van der Waals surface area contributed by atoms with E-state index >= 15 is 0 Å². The van der Waals surface area contributed by atoms with Gasteiger partial charge in [-0.25, -0.2) is 4.79 Å². The Balaban J connectivity index is 4.13. The van der Waals surface area contributed by atoms with E-state index < -0.39 is 0 Å². The summed E-state index contributed by atoms with van der Waals surface area (Å²) in [5.74, 6) is 1.81. The molecule has 2 atom stereocenters. The highest BCUT2D eigenvalue weighted by atomic mass is 16.5. The molecule has 0 rings (SSSR count). The minimum absolute atomic E-state index is 0.259. The number of ether oxygens (including phenoxy) is 1. The molecule has 0 amide bonds. The summed E-state index contributed by atoms with van der Waals surface area (Å²) in [6.45, 7) is 13.3. The van der Waals surface area contributed by atoms with Crippen LogP contribution in [0.1, 0.15) is 54.4 Å². The number of esters is 1. The highest BCUT2D eigenvalue weighted by Gasteiger charge is 2.08. The minimum Gasteiger partial charge on any atom is -0.463 e. The van der Waals surface area contributed by atoms with E-state index in [0.717, 1.165) is 17.4 Å². The van der Waals surface area contributed by atoms with Crippen molar-refractivity contribution >= 4 is 5.97 Å². The van der Waals surface area contributed by atoms with Gasteiger partial charge in [-0.3, -0.25) is 0 Å². The van der Waals surface area contributed by atoms with E-state index in [0.29, 0.717) is 12.5 Å². The molecule has 0 aromatic carbocycles. The second-order valence-electron chi connectivity index (χ2n) is 5.78. The molecule has 0 heterocycles. The maximum absolute atomic E-state index is 11.3. The Labute approximate surface area is 118 Å². The molecule has 2 heteroatoms. The monoisotopic (exact) mass is 266 g/mol. The molecule has 110 valence electrons. The second-order valence-corrected chi connectivity index (χ2v) is 5.78. The standard InChI is InChI=1S/C17H30O2/c1-7-19-17(18)12-15(5)9-8-14(4)10-11-16(6)13(2)3/h8-9,12-14,16H,7,10-11H2,1-6H3/b9-8+,15-12+. The number of hydrogen-bond acceptors (Lipinski definition) is 2. The van der Waals surface area contributed by atoms with Gasteiger partial charge < -0.3 is 4.74 Å². The van der Waals surface area contributed by atoms with E-state index in [2.05, 4.69) is 33.8 Å². The first-order valence-corrected chi connectivity index (χ1v) is 7.40. The molecule has 2 nitrogen and oxygen atoms in total. The third kappa shape index (κ3) is 9.52. The van der Waals surface area contributed by atoms with Gasteiger partial charge in [-0.05, 0) is 50.0 Å². The number of carbonyl (C=O) groups is 1. The van der Waals surface area contributed by atoms with Crippen molar-refractivity contribution in [2.24, 2.45) is 17.8 Å². The molecule has 0 aromatic heterocycles. The predicted molar refractivity (Wildman–Crippen MR) is 81.9 cm³/mol. The van der Waals surface area contributed by atoms with Crippen molar-refractivity contribution < 1.29 is 9.53 Å². The number of carbonyl (C=O) groups excluding carboxylic acids is 1. The van der Waals surface area contributed by atoms with E-state index in [9.17, 15) is 4.79 Å². The molecule has 0 fully saturated rings. The van der Waals surface area contributed by atoms with Crippen molar-refractivity contribution in [2.45, 2.75) is 54.4 Å². The first-order chi connectivity index (χ1) is 8.86. The van der Waals surface area contributed by atoms with Crippen LogP contribution in [0.15, 0.2) is 23.8 Å². The van der Waals surface area contributed by atoms with Crippen molar-refractivity contribution in [2.75, 3.05) is 6.61 Å². The zero-order chi connectivity index (χ0) is 14.8. The Hall–Kier alpha value is -1.05. The molecule has 0 spiro atoms. The van der Waals surface area contributed by atoms with Crippen LogP contribution in [0.25, 0.3) is 0 Å². The van der Waals surface area contributed by atoms with Gasteiger partial charge in [0.15, 0.2) is 0 Å². The summed E-state index contributed by atoms with van der Waals surface area (Å²) < 4.78 is 4.88. The molecular weight excluding hydrogens is 236 g/mol. The smallest absolute Gasteiger partial charge is 0.330 e. The van der Waals surface area contributed by atoms with Gasteiger partial charge in [-0.15, -0.1) is 0 Å². The minimum atomic E-state index is -0.259. The SMILES string of the molecule is CCOC(=O)/C=C(C)/C=C/C(C)CCC(C)C(C)C. The Morgan fingerprint density at radius 1 is 1.16 bits per heavy atom. The highest BCUT2D eigenvalue weighted by molar-refractivity contribution is 5.83. The summed E-state index contributed by atoms with van der Waals surface area (Å²) in [6.07, 6.45) is 8.19. The normalized spacial score (nSPS) is 15.8. The van der Waals surface area contributed by atoms with Crippen molar-refractivity contribution in [3.05, 3.63) is 23.8 Å². The molecule has 2 unspecified atom stereocenters. The fraction of sp³-hybridized carbons (Fsp3) is 0.706. The number of hydrogen-bond donors (Lipinski definition) is 0. The Kier molecular flexibility index (Phi) is 9.28. The molecule has 0 bridgehead atoms. The largest absolute Gasteiger partial charge is 0.463 e. The van der Waals surface area contributed by atoms with E-state index in [4.69, 9.17) is 4.74 Å². The van der Waals surface area contributed by atoms with Gasteiger partial charge in [0.05, 0.1) is 6.61 Å². The van der Waals surface area contributed by atoms with Gasteiger partial charge in [0, 0.05) is 6.08 Å². The lowest BCUT2D eigenvalue weighted by Gasteiger charge is -2.16. The summed E-state index contributed by atoms with van der Waals surface area (Å²) in [7, 11) is 0. The summed E-state index contributed by atoms with van der Waals surface area (Å²) in [5.41, 5.74) is 0.946. The Morgan fingerprint density at radius 3 is 2.32 bits per heavy atom. The molecule has 0 aromatic rings. The van der Waals surface area contributed by atoms with E-state index in [1.165, 1.54) is 12.8 Å². The topological polar surface area (TPSA) is 26.3 Å². The average molecular weight is 266 g/mol. The van der Waals surface area contributed by atoms with Crippen LogP contribution in [0.5, 0.6) is 0 Å². The second kappa shape index (κ2) is 9.82. The zero-order valence-corrected chi connectivity index (χ0v) is 13.4. The quantitative estimate of drug-likeness (QED) is 0.360. The Morgan fingerprint density at radius 2 is 1.79 bits per heavy atom. The Bertz CT molecular complexity index is 313. The molecule has 0 aliphatic carbocycles. The third-order valence-electron chi connectivity index (χ3n) is 3.54. The molecule has 19 heavy (non-hydrogen) atoms. The average Bonchev–Trinajstić information content (AvgIpc) is 2.33. The summed E-state index contributed by atoms with van der Waals surface area (Å²) in [6, 6.07) is 0. The first-order valence-electron chi connectivity index (χ1n) is 7.40. The van der Waals surface area contributed by atoms with Crippen LogP contribution >= 0.6 is 0 Å². The summed E-state index contributed by atoms with van der Waals surface area (Å²) in [4.78, 5) is 11.3. The van der Waals surface area contributed by atoms with Gasteiger partial charge in [0.25, 0.3) is 0 Å². The van der Waals surface area contributed by atoms with Crippen molar-refractivity contribution in [1.82, 2.24) is 0 Å². The summed E-state index contributed by atoms with van der Waals surface area (Å²) in [5, 5.41) is 0. The molecular formula is C17H30O2. The fourth-order valence-electron chi connectivity index (χ4n) is 1.69. The molecule has 0 saturated heterocycles. The van der Waals surface area contributed by atoms with Gasteiger partial charge in [0.1, 0.15) is 0 Å². The maximum Gasteiger partial charge on any atom is 0.330 e. The molecule has 0 N–H and O–H groups in total. The van der Waals surface area contributed by atoms with Crippen molar-refractivity contribution in [1.29, 1.82) is 0 Å². The van der Waals surface area contributed by atoms with Crippen LogP contribution in [0.2, 0.25) is 0 Å². The predicted octanol–water partition coefficient (Wildman–Crippen LogP) is 4.76. The van der Waals surface area contributed by atoms with Crippen LogP contribution in [0.3, 0.4) is 0 Å². The fourth-order valence-corrected chi connectivity index (χ4v) is 1.69. The molecule has 0 radical (unpaired) electrons. The molecule has 0 aliphatic heterocycles. The van der Waals surface area contributed by atoms with Gasteiger partial charge in [0.2, 0.25) is 0 Å². The molecule has 0 saturated carbocycles. The van der Waals surface area contributed by atoms with Crippen LogP contribution in [-0.2, 0) is 9.53 Å². The summed E-state index contributed by atoms with van der Waals surface area (Å²) >= 11 is 0. The van der Waals surface area contributed by atoms with Crippen LogP contribution in [0, 0.1) is 17.8 Å². The molecule has 0 aliphatic rings. The third-order valence-corrected chi connectivity index (χ3v) is 3.54. The van der Waals surface area contributed by atoms with E-state index in [-0.39, 0.29) is 5.97 Å². The zero-order valence-electron chi connectivity index (χ0n) is 13.4. The van der Waals surface area contributed by atoms with E-state index in [1.807, 2.05) is 19.9 Å². The lowest BCUT2D eigenvalue weighted by Crippen LogP contribution is -2.05. The number of allylic oxidation sites excluding steroid dienone is 3. The van der Waals surface area contributed by atoms with Crippen LogP contribution < -0.4 is 0 Å². The first kappa shape index (κ1) is 17.9. The van der Waals surface area contributed by atoms with Crippen LogP contribution in [0.4, 0.5) is 0 Å². The van der Waals surface area contributed by atoms with Crippen LogP contribution in [-0.4, -0.2) is 12.6 Å². The lowest BCUT2D eigenvalue weighted by atomic mass is 9.90.